The molecule has 1 heterocycles. The molecule has 2 rings (SSSR count). The number of rotatable bonds is 4. The molecule has 0 amide bonds. The molecule has 96 valence electrons. The maximum atomic E-state index is 4.26. The van der Waals surface area contributed by atoms with Gasteiger partial charge in [0.15, 0.2) is 0 Å². The Bertz CT molecular complexity index is 528. The van der Waals surface area contributed by atoms with Gasteiger partial charge in [-0.1, -0.05) is 29.8 Å². The zero-order valence-electron chi connectivity index (χ0n) is 11.6. The first-order valence-electron chi connectivity index (χ1n) is 6.35. The Morgan fingerprint density at radius 2 is 2.11 bits per heavy atom. The Balaban J connectivity index is 2.00. The summed E-state index contributed by atoms with van der Waals surface area (Å²) in [5.74, 6) is 0. The molecule has 0 saturated heterocycles. The molecular weight excluding hydrogens is 222 g/mol. The third-order valence-electron chi connectivity index (χ3n) is 3.48. The highest BCUT2D eigenvalue weighted by atomic mass is 15.3. The molecule has 0 radical (unpaired) electrons. The van der Waals surface area contributed by atoms with Crippen LogP contribution in [0, 0.1) is 13.8 Å². The van der Waals surface area contributed by atoms with Crippen LogP contribution < -0.4 is 5.32 Å². The van der Waals surface area contributed by atoms with Gasteiger partial charge in [0, 0.05) is 30.9 Å². The summed E-state index contributed by atoms with van der Waals surface area (Å²) in [5, 5.41) is 7.80. The average molecular weight is 243 g/mol. The summed E-state index contributed by atoms with van der Waals surface area (Å²) < 4.78 is 1.91. The predicted molar refractivity (Wildman–Crippen MR) is 74.4 cm³/mol. The van der Waals surface area contributed by atoms with Crippen LogP contribution in [0.4, 0.5) is 0 Å². The van der Waals surface area contributed by atoms with Gasteiger partial charge in [-0.25, -0.2) is 0 Å². The summed E-state index contributed by atoms with van der Waals surface area (Å²) >= 11 is 0. The van der Waals surface area contributed by atoms with Crippen LogP contribution in [0.1, 0.15) is 35.3 Å². The van der Waals surface area contributed by atoms with Gasteiger partial charge in [-0.3, -0.25) is 4.68 Å². The Kier molecular flexibility index (Phi) is 3.82. The molecule has 0 aliphatic rings. The number of aromatic nitrogens is 2. The fourth-order valence-electron chi connectivity index (χ4n) is 2.04. The van der Waals surface area contributed by atoms with Gasteiger partial charge in [0.1, 0.15) is 0 Å². The van der Waals surface area contributed by atoms with Gasteiger partial charge in [0.25, 0.3) is 0 Å². The molecule has 0 spiro atoms. The van der Waals surface area contributed by atoms with E-state index >= 15 is 0 Å². The van der Waals surface area contributed by atoms with E-state index in [0.717, 1.165) is 6.54 Å². The van der Waals surface area contributed by atoms with Gasteiger partial charge < -0.3 is 5.32 Å². The molecule has 0 bridgehead atoms. The van der Waals surface area contributed by atoms with Crippen molar-refractivity contribution in [3.63, 3.8) is 0 Å². The van der Waals surface area contributed by atoms with Crippen LogP contribution in [0.5, 0.6) is 0 Å². The number of hydrogen-bond acceptors (Lipinski definition) is 2. The van der Waals surface area contributed by atoms with Crippen molar-refractivity contribution in [1.29, 1.82) is 0 Å². The highest BCUT2D eigenvalue weighted by Gasteiger charge is 2.07. The zero-order chi connectivity index (χ0) is 13.1. The van der Waals surface area contributed by atoms with Crippen molar-refractivity contribution in [1.82, 2.24) is 15.1 Å². The molecule has 2 aromatic rings. The summed E-state index contributed by atoms with van der Waals surface area (Å²) in [6.07, 6.45) is 1.94. The summed E-state index contributed by atoms with van der Waals surface area (Å²) in [4.78, 5) is 0. The van der Waals surface area contributed by atoms with Crippen molar-refractivity contribution < 1.29 is 0 Å². The molecule has 0 aliphatic heterocycles. The number of nitrogens with zero attached hydrogens (tertiary/aromatic N) is 2. The van der Waals surface area contributed by atoms with Crippen LogP contribution >= 0.6 is 0 Å². The minimum Gasteiger partial charge on any atom is -0.306 e. The van der Waals surface area contributed by atoms with Gasteiger partial charge in [-0.15, -0.1) is 0 Å². The first-order chi connectivity index (χ1) is 8.58. The quantitative estimate of drug-likeness (QED) is 0.895. The summed E-state index contributed by atoms with van der Waals surface area (Å²) in [7, 11) is 1.98. The SMILES string of the molecule is Cc1cccc([C@H](C)NCc2cnn(C)c2C)c1. The van der Waals surface area contributed by atoms with Crippen molar-refractivity contribution in [2.75, 3.05) is 0 Å². The topological polar surface area (TPSA) is 29.9 Å². The number of aryl methyl sites for hydroxylation is 2. The first kappa shape index (κ1) is 12.8. The summed E-state index contributed by atoms with van der Waals surface area (Å²) in [6, 6.07) is 8.98. The second-order valence-corrected chi connectivity index (χ2v) is 4.90. The third kappa shape index (κ3) is 2.79. The van der Waals surface area contributed by atoms with Crippen LogP contribution in [0.25, 0.3) is 0 Å². The second kappa shape index (κ2) is 5.36. The van der Waals surface area contributed by atoms with Crippen molar-refractivity contribution in [3.8, 4) is 0 Å². The molecule has 1 aromatic heterocycles. The lowest BCUT2D eigenvalue weighted by molar-refractivity contribution is 0.572. The molecule has 18 heavy (non-hydrogen) atoms. The van der Waals surface area contributed by atoms with Crippen molar-refractivity contribution in [2.45, 2.75) is 33.4 Å². The molecule has 3 heteroatoms. The Morgan fingerprint density at radius 3 is 2.72 bits per heavy atom. The highest BCUT2D eigenvalue weighted by Crippen LogP contribution is 2.15. The molecule has 0 unspecified atom stereocenters. The minimum absolute atomic E-state index is 0.351. The zero-order valence-corrected chi connectivity index (χ0v) is 11.6. The molecule has 1 atom stereocenters. The van der Waals surface area contributed by atoms with E-state index < -0.39 is 0 Å². The Hall–Kier alpha value is -1.61. The molecule has 3 nitrogen and oxygen atoms in total. The lowest BCUT2D eigenvalue weighted by Gasteiger charge is -2.14. The van der Waals surface area contributed by atoms with Crippen molar-refractivity contribution >= 4 is 0 Å². The molecule has 1 N–H and O–H groups in total. The average Bonchev–Trinajstić information content (AvgIpc) is 2.67. The lowest BCUT2D eigenvalue weighted by Crippen LogP contribution is -2.18. The smallest absolute Gasteiger partial charge is 0.0537 e. The van der Waals surface area contributed by atoms with Crippen LogP contribution in [0.15, 0.2) is 30.5 Å². The van der Waals surface area contributed by atoms with E-state index in [-0.39, 0.29) is 0 Å². The molecular formula is C15H21N3. The van der Waals surface area contributed by atoms with Crippen LogP contribution in [0.3, 0.4) is 0 Å². The van der Waals surface area contributed by atoms with E-state index in [1.807, 2.05) is 17.9 Å². The summed E-state index contributed by atoms with van der Waals surface area (Å²) in [6.45, 7) is 7.28. The van der Waals surface area contributed by atoms with Gasteiger partial charge in [0.05, 0.1) is 6.20 Å². The maximum absolute atomic E-state index is 4.26. The number of nitrogens with one attached hydrogen (secondary N) is 1. The molecule has 0 fully saturated rings. The van der Waals surface area contributed by atoms with E-state index in [2.05, 4.69) is 55.5 Å². The van der Waals surface area contributed by atoms with Crippen LogP contribution in [0.2, 0.25) is 0 Å². The van der Waals surface area contributed by atoms with Gasteiger partial charge >= 0.3 is 0 Å². The standard InChI is InChI=1S/C15H21N3/c1-11-6-5-7-14(8-11)12(2)16-9-15-10-17-18(4)13(15)3/h5-8,10,12,16H,9H2,1-4H3/t12-/m0/s1. The molecule has 0 saturated carbocycles. The largest absolute Gasteiger partial charge is 0.306 e. The fraction of sp³-hybridized carbons (Fsp3) is 0.400. The number of benzene rings is 1. The van der Waals surface area contributed by atoms with Crippen LogP contribution in [-0.2, 0) is 13.6 Å². The normalized spacial score (nSPS) is 12.7. The van der Waals surface area contributed by atoms with E-state index in [4.69, 9.17) is 0 Å². The highest BCUT2D eigenvalue weighted by molar-refractivity contribution is 5.25. The van der Waals surface area contributed by atoms with E-state index in [9.17, 15) is 0 Å². The van der Waals surface area contributed by atoms with Gasteiger partial charge in [-0.05, 0) is 26.3 Å². The van der Waals surface area contributed by atoms with Gasteiger partial charge in [0.2, 0.25) is 0 Å². The first-order valence-corrected chi connectivity index (χ1v) is 6.35. The maximum Gasteiger partial charge on any atom is 0.0537 e. The Morgan fingerprint density at radius 1 is 1.33 bits per heavy atom. The Labute approximate surface area is 109 Å². The second-order valence-electron chi connectivity index (χ2n) is 4.90. The molecule has 0 aliphatic carbocycles. The van der Waals surface area contributed by atoms with Crippen molar-refractivity contribution in [2.24, 2.45) is 7.05 Å². The third-order valence-corrected chi connectivity index (χ3v) is 3.48. The van der Waals surface area contributed by atoms with Gasteiger partial charge in [-0.2, -0.15) is 5.10 Å². The van der Waals surface area contributed by atoms with E-state index in [1.54, 1.807) is 0 Å². The molecule has 1 aromatic carbocycles. The van der Waals surface area contributed by atoms with Crippen molar-refractivity contribution in [3.05, 3.63) is 52.8 Å². The predicted octanol–water partition coefficient (Wildman–Crippen LogP) is 2.89. The summed E-state index contributed by atoms with van der Waals surface area (Å²) in [5.41, 5.74) is 5.12. The number of hydrogen-bond donors (Lipinski definition) is 1. The lowest BCUT2D eigenvalue weighted by atomic mass is 10.1. The minimum atomic E-state index is 0.351. The van der Waals surface area contributed by atoms with Crippen LogP contribution in [-0.4, -0.2) is 9.78 Å². The van der Waals surface area contributed by atoms with E-state index in [0.29, 0.717) is 6.04 Å². The monoisotopic (exact) mass is 243 g/mol. The fourth-order valence-corrected chi connectivity index (χ4v) is 2.04. The van der Waals surface area contributed by atoms with E-state index in [1.165, 1.54) is 22.4 Å².